The van der Waals surface area contributed by atoms with Crippen LogP contribution in [0.2, 0.25) is 0 Å². The maximum Gasteiger partial charge on any atom is 0.185 e. The Morgan fingerprint density at radius 2 is 2.17 bits per heavy atom. The van der Waals surface area contributed by atoms with Crippen LogP contribution in [0.5, 0.6) is 0 Å². The number of rotatable bonds is 3. The van der Waals surface area contributed by atoms with Crippen molar-refractivity contribution >= 4 is 16.5 Å². The standard InChI is InChI=1S/C14H24N2OS/c1-5-11-12(9-17)18-13(15-11)16-7-6-10(8-16)14(2,3)4/h10,17H,5-9H2,1-4H3. The van der Waals surface area contributed by atoms with Gasteiger partial charge in [-0.25, -0.2) is 4.98 Å². The number of aliphatic hydroxyl groups is 1. The van der Waals surface area contributed by atoms with Crippen molar-refractivity contribution in [3.05, 3.63) is 10.6 Å². The second kappa shape index (κ2) is 5.17. The SMILES string of the molecule is CCc1nc(N2CCC(C(C)(C)C)C2)sc1CO. The summed E-state index contributed by atoms with van der Waals surface area (Å²) in [6.45, 7) is 11.4. The van der Waals surface area contributed by atoms with Crippen molar-refractivity contribution < 1.29 is 5.11 Å². The molecule has 1 atom stereocenters. The highest BCUT2D eigenvalue weighted by molar-refractivity contribution is 7.15. The molecule has 0 radical (unpaired) electrons. The van der Waals surface area contributed by atoms with Crippen LogP contribution in [0.15, 0.2) is 0 Å². The fourth-order valence-corrected chi connectivity index (χ4v) is 3.59. The van der Waals surface area contributed by atoms with Gasteiger partial charge in [-0.1, -0.05) is 39.0 Å². The fraction of sp³-hybridized carbons (Fsp3) is 0.786. The third-order valence-corrected chi connectivity index (χ3v) is 5.07. The topological polar surface area (TPSA) is 36.4 Å². The zero-order chi connectivity index (χ0) is 13.3. The fourth-order valence-electron chi connectivity index (χ4n) is 2.55. The second-order valence-electron chi connectivity index (χ2n) is 6.18. The van der Waals surface area contributed by atoms with Crippen molar-refractivity contribution in [1.29, 1.82) is 0 Å². The van der Waals surface area contributed by atoms with Gasteiger partial charge < -0.3 is 10.0 Å². The molecule has 102 valence electrons. The quantitative estimate of drug-likeness (QED) is 0.915. The minimum Gasteiger partial charge on any atom is -0.391 e. The smallest absolute Gasteiger partial charge is 0.185 e. The molecule has 1 unspecified atom stereocenters. The van der Waals surface area contributed by atoms with E-state index in [4.69, 9.17) is 0 Å². The van der Waals surface area contributed by atoms with Crippen LogP contribution in [0.4, 0.5) is 5.13 Å². The first kappa shape index (κ1) is 13.8. The van der Waals surface area contributed by atoms with E-state index in [1.165, 1.54) is 6.42 Å². The Morgan fingerprint density at radius 1 is 1.44 bits per heavy atom. The number of hydrogen-bond donors (Lipinski definition) is 1. The van der Waals surface area contributed by atoms with Crippen LogP contribution in [0.25, 0.3) is 0 Å². The van der Waals surface area contributed by atoms with Crippen LogP contribution in [0.1, 0.15) is 44.7 Å². The first-order chi connectivity index (χ1) is 8.45. The van der Waals surface area contributed by atoms with Crippen molar-refractivity contribution in [1.82, 2.24) is 4.98 Å². The molecular weight excluding hydrogens is 244 g/mol. The summed E-state index contributed by atoms with van der Waals surface area (Å²) in [5.41, 5.74) is 1.44. The second-order valence-corrected chi connectivity index (χ2v) is 7.24. The molecule has 0 spiro atoms. The van der Waals surface area contributed by atoms with Gasteiger partial charge in [0.2, 0.25) is 0 Å². The van der Waals surface area contributed by atoms with Gasteiger partial charge >= 0.3 is 0 Å². The summed E-state index contributed by atoms with van der Waals surface area (Å²) in [7, 11) is 0. The molecule has 3 nitrogen and oxygen atoms in total. The summed E-state index contributed by atoms with van der Waals surface area (Å²) >= 11 is 1.66. The summed E-state index contributed by atoms with van der Waals surface area (Å²) in [5.74, 6) is 0.740. The lowest BCUT2D eigenvalue weighted by molar-refractivity contribution is 0.263. The maximum atomic E-state index is 9.34. The van der Waals surface area contributed by atoms with Gasteiger partial charge in [0.1, 0.15) is 0 Å². The first-order valence-electron chi connectivity index (χ1n) is 6.80. The Labute approximate surface area is 114 Å². The number of anilines is 1. The normalized spacial score (nSPS) is 20.7. The average molecular weight is 268 g/mol. The third kappa shape index (κ3) is 2.69. The van der Waals surface area contributed by atoms with Gasteiger partial charge in [-0.05, 0) is 24.2 Å². The minimum absolute atomic E-state index is 0.122. The minimum atomic E-state index is 0.122. The molecule has 1 saturated heterocycles. The van der Waals surface area contributed by atoms with E-state index in [1.807, 2.05) is 0 Å². The highest BCUT2D eigenvalue weighted by Gasteiger charge is 2.33. The highest BCUT2D eigenvalue weighted by Crippen LogP contribution is 2.37. The highest BCUT2D eigenvalue weighted by atomic mass is 32.1. The molecule has 1 aliphatic heterocycles. The molecule has 1 fully saturated rings. The summed E-state index contributed by atoms with van der Waals surface area (Å²) in [4.78, 5) is 8.10. The Kier molecular flexibility index (Phi) is 3.97. The zero-order valence-corrected chi connectivity index (χ0v) is 12.7. The third-order valence-electron chi connectivity index (χ3n) is 3.93. The van der Waals surface area contributed by atoms with Gasteiger partial charge in [-0.3, -0.25) is 0 Å². The molecule has 1 N–H and O–H groups in total. The summed E-state index contributed by atoms with van der Waals surface area (Å²) in [5, 5.41) is 10.4. The molecule has 0 aromatic carbocycles. The van der Waals surface area contributed by atoms with E-state index in [9.17, 15) is 5.11 Å². The Hall–Kier alpha value is -0.610. The number of aliphatic hydroxyl groups excluding tert-OH is 1. The van der Waals surface area contributed by atoms with E-state index >= 15 is 0 Å². The van der Waals surface area contributed by atoms with Crippen LogP contribution in [-0.4, -0.2) is 23.2 Å². The predicted octanol–water partition coefficient (Wildman–Crippen LogP) is 3.07. The molecule has 0 saturated carbocycles. The summed E-state index contributed by atoms with van der Waals surface area (Å²) in [6, 6.07) is 0. The first-order valence-corrected chi connectivity index (χ1v) is 7.61. The number of aromatic nitrogens is 1. The lowest BCUT2D eigenvalue weighted by atomic mass is 9.80. The van der Waals surface area contributed by atoms with Crippen LogP contribution >= 0.6 is 11.3 Å². The molecule has 0 bridgehead atoms. The van der Waals surface area contributed by atoms with Crippen LogP contribution < -0.4 is 4.90 Å². The average Bonchev–Trinajstić information content (AvgIpc) is 2.93. The number of hydrogen-bond acceptors (Lipinski definition) is 4. The van der Waals surface area contributed by atoms with Crippen LogP contribution in [0.3, 0.4) is 0 Å². The lowest BCUT2D eigenvalue weighted by Crippen LogP contribution is -2.25. The summed E-state index contributed by atoms with van der Waals surface area (Å²) in [6.07, 6.45) is 2.15. The maximum absolute atomic E-state index is 9.34. The van der Waals surface area contributed by atoms with Crippen molar-refractivity contribution in [3.63, 3.8) is 0 Å². The van der Waals surface area contributed by atoms with Gasteiger partial charge in [0.25, 0.3) is 0 Å². The molecular formula is C14H24N2OS. The van der Waals surface area contributed by atoms with Gasteiger partial charge in [0.05, 0.1) is 17.2 Å². The Morgan fingerprint density at radius 3 is 2.61 bits per heavy atom. The van der Waals surface area contributed by atoms with Gasteiger partial charge in [0.15, 0.2) is 5.13 Å². The van der Waals surface area contributed by atoms with E-state index in [0.29, 0.717) is 5.41 Å². The van der Waals surface area contributed by atoms with Crippen LogP contribution in [-0.2, 0) is 13.0 Å². The van der Waals surface area contributed by atoms with E-state index in [2.05, 4.69) is 37.6 Å². The number of nitrogens with zero attached hydrogens (tertiary/aromatic N) is 2. The van der Waals surface area contributed by atoms with Crippen molar-refractivity contribution in [3.8, 4) is 0 Å². The van der Waals surface area contributed by atoms with Crippen molar-refractivity contribution in [2.24, 2.45) is 11.3 Å². The monoisotopic (exact) mass is 268 g/mol. The van der Waals surface area contributed by atoms with Gasteiger partial charge in [0, 0.05) is 13.1 Å². The summed E-state index contributed by atoms with van der Waals surface area (Å²) < 4.78 is 0. The molecule has 4 heteroatoms. The van der Waals surface area contributed by atoms with E-state index < -0.39 is 0 Å². The van der Waals surface area contributed by atoms with Gasteiger partial charge in [-0.2, -0.15) is 0 Å². The molecule has 2 heterocycles. The van der Waals surface area contributed by atoms with Crippen molar-refractivity contribution in [2.75, 3.05) is 18.0 Å². The molecule has 0 amide bonds. The van der Waals surface area contributed by atoms with Gasteiger partial charge in [-0.15, -0.1) is 0 Å². The van der Waals surface area contributed by atoms with E-state index in [1.54, 1.807) is 11.3 Å². The molecule has 1 aromatic heterocycles. The lowest BCUT2D eigenvalue weighted by Gasteiger charge is -2.26. The molecule has 18 heavy (non-hydrogen) atoms. The van der Waals surface area contributed by atoms with E-state index in [0.717, 1.165) is 41.1 Å². The Bertz CT molecular complexity index is 387. The molecule has 1 aliphatic rings. The molecule has 2 rings (SSSR count). The number of aryl methyl sites for hydroxylation is 1. The number of thiazole rings is 1. The molecule has 1 aromatic rings. The van der Waals surface area contributed by atoms with Crippen LogP contribution in [0, 0.1) is 11.3 Å². The largest absolute Gasteiger partial charge is 0.391 e. The molecule has 0 aliphatic carbocycles. The van der Waals surface area contributed by atoms with E-state index in [-0.39, 0.29) is 6.61 Å². The zero-order valence-electron chi connectivity index (χ0n) is 11.9. The Balaban J connectivity index is 2.12. The van der Waals surface area contributed by atoms with Crippen molar-refractivity contribution in [2.45, 2.75) is 47.1 Å². The predicted molar refractivity (Wildman–Crippen MR) is 77.2 cm³/mol.